The fourth-order valence-electron chi connectivity index (χ4n) is 4.46. The number of hydrogen-bond donors (Lipinski definition) is 0. The van der Waals surface area contributed by atoms with Gasteiger partial charge in [-0.15, -0.1) is 0 Å². The molecule has 0 N–H and O–H groups in total. The summed E-state index contributed by atoms with van der Waals surface area (Å²) in [6, 6.07) is 42.7. The molecule has 0 radical (unpaired) electrons. The summed E-state index contributed by atoms with van der Waals surface area (Å²) in [5, 5.41) is 4.37. The van der Waals surface area contributed by atoms with E-state index in [1.165, 1.54) is 32.6 Å². The monoisotopic (exact) mass is 422 g/mol. The van der Waals surface area contributed by atoms with Crippen molar-refractivity contribution in [2.24, 2.45) is 0 Å². The van der Waals surface area contributed by atoms with E-state index < -0.39 is 7.26 Å². The van der Waals surface area contributed by atoms with Crippen molar-refractivity contribution in [1.82, 2.24) is 0 Å². The number of aryl methyl sites for hydroxylation is 1. The molecule has 1 heteroatoms. The Morgan fingerprint density at radius 1 is 0.581 bits per heavy atom. The second-order valence-electron chi connectivity index (χ2n) is 8.45. The molecule has 0 aliphatic heterocycles. The van der Waals surface area contributed by atoms with Crippen molar-refractivity contribution in [1.29, 1.82) is 0 Å². The van der Waals surface area contributed by atoms with Gasteiger partial charge in [0.1, 0.15) is 0 Å². The fraction of sp³-hybridized carbons (Fsp3) is 0.133. The fourth-order valence-corrected chi connectivity index (χ4v) is 9.21. The van der Waals surface area contributed by atoms with E-state index in [0.717, 1.165) is 19.0 Å². The van der Waals surface area contributed by atoms with Gasteiger partial charge in [-0.1, -0.05) is 0 Å². The number of allylic oxidation sites excluding steroid dienone is 1. The van der Waals surface area contributed by atoms with Crippen LogP contribution < -0.4 is 15.9 Å². The Labute approximate surface area is 187 Å². The van der Waals surface area contributed by atoms with E-state index in [2.05, 4.69) is 129 Å². The van der Waals surface area contributed by atoms with Crippen LogP contribution in [-0.2, 0) is 12.6 Å². The molecule has 0 nitrogen and oxygen atoms in total. The Morgan fingerprint density at radius 3 is 1.35 bits per heavy atom. The number of rotatable bonds is 8. The van der Waals surface area contributed by atoms with Gasteiger partial charge in [-0.3, -0.25) is 0 Å². The van der Waals surface area contributed by atoms with Crippen molar-refractivity contribution >= 4 is 23.2 Å². The van der Waals surface area contributed by atoms with Gasteiger partial charge in [0.25, 0.3) is 0 Å². The van der Waals surface area contributed by atoms with Crippen LogP contribution in [-0.4, -0.2) is 0 Å². The SMILES string of the molecule is C=C(C)CCc1ccc(C[PH](c2ccccc2)(c2ccccc2)c2ccccc2)cc1. The first-order valence-electron chi connectivity index (χ1n) is 11.1. The molecule has 0 spiro atoms. The number of hydrogen-bond acceptors (Lipinski definition) is 0. The van der Waals surface area contributed by atoms with Crippen LogP contribution in [0.25, 0.3) is 0 Å². The number of benzene rings is 4. The molecule has 0 heterocycles. The zero-order valence-corrected chi connectivity index (χ0v) is 19.3. The molecular weight excluding hydrogens is 391 g/mol. The molecule has 0 aromatic heterocycles. The van der Waals surface area contributed by atoms with Crippen LogP contribution in [0.2, 0.25) is 0 Å². The van der Waals surface area contributed by atoms with Gasteiger partial charge in [0, 0.05) is 0 Å². The van der Waals surface area contributed by atoms with Gasteiger partial charge in [0.05, 0.1) is 0 Å². The molecule has 0 aliphatic rings. The quantitative estimate of drug-likeness (QED) is 0.227. The average Bonchev–Trinajstić information content (AvgIpc) is 2.83. The molecule has 0 saturated carbocycles. The summed E-state index contributed by atoms with van der Waals surface area (Å²) in [6.45, 7) is 6.15. The standard InChI is InChI=1S/C30H31P/c1-25(2)18-19-26-20-22-27(23-21-26)24-31(28-12-6-3-7-13-28,29-14-8-4-9-15-29)30-16-10-5-11-17-30/h3-17,20-23,31H,1,18-19,24H2,2H3. The van der Waals surface area contributed by atoms with Crippen LogP contribution in [0.3, 0.4) is 0 Å². The topological polar surface area (TPSA) is 0 Å². The van der Waals surface area contributed by atoms with Crippen molar-refractivity contribution in [3.63, 3.8) is 0 Å². The van der Waals surface area contributed by atoms with Crippen molar-refractivity contribution in [2.45, 2.75) is 25.9 Å². The molecule has 0 fully saturated rings. The summed E-state index contributed by atoms with van der Waals surface area (Å²) >= 11 is 0. The van der Waals surface area contributed by atoms with E-state index in [0.29, 0.717) is 0 Å². The first kappa shape index (κ1) is 21.3. The summed E-state index contributed by atoms with van der Waals surface area (Å²) in [4.78, 5) is 0. The van der Waals surface area contributed by atoms with E-state index in [9.17, 15) is 0 Å². The summed E-state index contributed by atoms with van der Waals surface area (Å²) in [5.41, 5.74) is 4.04. The van der Waals surface area contributed by atoms with Crippen LogP contribution >= 0.6 is 7.26 Å². The summed E-state index contributed by atoms with van der Waals surface area (Å²) in [6.07, 6.45) is 3.16. The van der Waals surface area contributed by atoms with E-state index in [4.69, 9.17) is 0 Å². The predicted molar refractivity (Wildman–Crippen MR) is 140 cm³/mol. The molecule has 0 atom stereocenters. The van der Waals surface area contributed by atoms with Gasteiger partial charge in [0.15, 0.2) is 0 Å². The minimum atomic E-state index is -2.23. The Balaban J connectivity index is 1.82. The molecule has 0 amide bonds. The predicted octanol–water partition coefficient (Wildman–Crippen LogP) is 6.42. The molecule has 31 heavy (non-hydrogen) atoms. The molecule has 4 aromatic carbocycles. The molecule has 0 aliphatic carbocycles. The van der Waals surface area contributed by atoms with Crippen molar-refractivity contribution < 1.29 is 0 Å². The maximum atomic E-state index is 4.04. The van der Waals surface area contributed by atoms with Crippen molar-refractivity contribution in [3.05, 3.63) is 139 Å². The normalized spacial score (nSPS) is 11.8. The van der Waals surface area contributed by atoms with E-state index in [-0.39, 0.29) is 0 Å². The van der Waals surface area contributed by atoms with Gasteiger partial charge in [-0.25, -0.2) is 0 Å². The van der Waals surface area contributed by atoms with E-state index in [1.807, 2.05) is 0 Å². The molecule has 0 saturated heterocycles. The van der Waals surface area contributed by atoms with Crippen LogP contribution in [0.15, 0.2) is 127 Å². The molecular formula is C30H31P. The van der Waals surface area contributed by atoms with Crippen LogP contribution in [0.5, 0.6) is 0 Å². The molecule has 4 rings (SSSR count). The van der Waals surface area contributed by atoms with Gasteiger partial charge in [-0.05, 0) is 0 Å². The Bertz CT molecular complexity index is 1000. The van der Waals surface area contributed by atoms with Gasteiger partial charge in [-0.2, -0.15) is 0 Å². The van der Waals surface area contributed by atoms with Crippen LogP contribution in [0.4, 0.5) is 0 Å². The van der Waals surface area contributed by atoms with E-state index in [1.54, 1.807) is 0 Å². The van der Waals surface area contributed by atoms with Crippen LogP contribution in [0, 0.1) is 0 Å². The third-order valence-corrected chi connectivity index (χ3v) is 11.0. The molecule has 156 valence electrons. The first-order chi connectivity index (χ1) is 15.2. The summed E-state index contributed by atoms with van der Waals surface area (Å²) in [7, 11) is -2.23. The Hall–Kier alpha value is -2.95. The summed E-state index contributed by atoms with van der Waals surface area (Å²) in [5.74, 6) is 0. The minimum absolute atomic E-state index is 1.05. The van der Waals surface area contributed by atoms with Crippen molar-refractivity contribution in [3.8, 4) is 0 Å². The van der Waals surface area contributed by atoms with Gasteiger partial charge < -0.3 is 0 Å². The first-order valence-corrected chi connectivity index (χ1v) is 13.3. The molecule has 0 bridgehead atoms. The zero-order valence-electron chi connectivity index (χ0n) is 18.3. The molecule has 0 unspecified atom stereocenters. The third kappa shape index (κ3) is 4.87. The second-order valence-corrected chi connectivity index (χ2v) is 12.4. The second kappa shape index (κ2) is 9.90. The van der Waals surface area contributed by atoms with E-state index >= 15 is 0 Å². The Morgan fingerprint density at radius 2 is 0.968 bits per heavy atom. The zero-order chi connectivity index (χ0) is 21.5. The summed E-state index contributed by atoms with van der Waals surface area (Å²) < 4.78 is 0. The third-order valence-electron chi connectivity index (χ3n) is 6.13. The Kier molecular flexibility index (Phi) is 6.80. The van der Waals surface area contributed by atoms with Gasteiger partial charge in [0.2, 0.25) is 0 Å². The van der Waals surface area contributed by atoms with Crippen molar-refractivity contribution in [2.75, 3.05) is 0 Å². The average molecular weight is 423 g/mol. The van der Waals surface area contributed by atoms with Gasteiger partial charge >= 0.3 is 188 Å². The maximum absolute atomic E-state index is 4.04. The molecule has 4 aromatic rings. The van der Waals surface area contributed by atoms with Crippen LogP contribution in [0.1, 0.15) is 24.5 Å².